The summed E-state index contributed by atoms with van der Waals surface area (Å²) in [6, 6.07) is 0. The molecule has 0 aromatic carbocycles. The van der Waals surface area contributed by atoms with E-state index in [4.69, 9.17) is 4.74 Å². The zero-order valence-corrected chi connectivity index (χ0v) is 23.4. The molecule has 0 rings (SSSR count). The second kappa shape index (κ2) is 27.3. The van der Waals surface area contributed by atoms with E-state index in [1.165, 1.54) is 116 Å². The predicted molar refractivity (Wildman–Crippen MR) is 149 cm³/mol. The van der Waals surface area contributed by atoms with Crippen molar-refractivity contribution >= 4 is 11.9 Å². The van der Waals surface area contributed by atoms with Crippen molar-refractivity contribution in [2.24, 2.45) is 5.92 Å². The second-order valence-electron chi connectivity index (χ2n) is 10.3. The van der Waals surface area contributed by atoms with Crippen LogP contribution in [-0.2, 0) is 14.3 Å². The minimum absolute atomic E-state index is 0.00685. The molecular weight excluding hydrogens is 436 g/mol. The van der Waals surface area contributed by atoms with Crippen LogP contribution in [0.5, 0.6) is 0 Å². The maximum Gasteiger partial charge on any atom is 0.307 e. The molecule has 1 unspecified atom stereocenters. The number of carbonyl (C=O) groups excluding carboxylic acids is 1. The molecule has 0 aliphatic rings. The fraction of sp³-hybridized carbons (Fsp3) is 0.871. The minimum Gasteiger partial charge on any atom is -0.481 e. The topological polar surface area (TPSA) is 63.6 Å². The summed E-state index contributed by atoms with van der Waals surface area (Å²) in [7, 11) is 0. The maximum absolute atomic E-state index is 11.7. The van der Waals surface area contributed by atoms with Crippen LogP contribution in [0.2, 0.25) is 0 Å². The van der Waals surface area contributed by atoms with Gasteiger partial charge in [-0.2, -0.15) is 0 Å². The van der Waals surface area contributed by atoms with E-state index in [1.54, 1.807) is 0 Å². The molecule has 1 N–H and O–H groups in total. The average molecular weight is 495 g/mol. The SMILES string of the molecule is C/C=C/CCCCCCCCCCCCCCCCCCCCCC(CC(=O)OCCC)C(=O)O. The molecule has 206 valence electrons. The zero-order chi connectivity index (χ0) is 25.8. The molecule has 0 saturated heterocycles. The highest BCUT2D eigenvalue weighted by Gasteiger charge is 2.21. The van der Waals surface area contributed by atoms with Crippen molar-refractivity contribution in [2.75, 3.05) is 6.61 Å². The number of allylic oxidation sites excluding steroid dienone is 2. The van der Waals surface area contributed by atoms with E-state index in [0.29, 0.717) is 13.0 Å². The van der Waals surface area contributed by atoms with Crippen LogP contribution in [0.4, 0.5) is 0 Å². The Hall–Kier alpha value is -1.32. The van der Waals surface area contributed by atoms with Crippen molar-refractivity contribution in [1.82, 2.24) is 0 Å². The standard InChI is InChI=1S/C31H58O4/c1-3-5-6-7-8-9-10-11-12-13-14-15-16-17-18-19-20-21-22-23-24-25-26-29(31(33)34)28-30(32)35-27-4-2/h3,5,29H,4,6-28H2,1-2H3,(H,33,34)/b5-3+. The van der Waals surface area contributed by atoms with Gasteiger partial charge in [-0.3, -0.25) is 9.59 Å². The molecule has 4 nitrogen and oxygen atoms in total. The van der Waals surface area contributed by atoms with Gasteiger partial charge in [0.2, 0.25) is 0 Å². The van der Waals surface area contributed by atoms with Crippen molar-refractivity contribution in [3.05, 3.63) is 12.2 Å². The number of unbranched alkanes of at least 4 members (excludes halogenated alkanes) is 19. The van der Waals surface area contributed by atoms with Crippen LogP contribution in [0, 0.1) is 5.92 Å². The molecule has 0 amide bonds. The van der Waals surface area contributed by atoms with Crippen LogP contribution in [-0.4, -0.2) is 23.7 Å². The summed E-state index contributed by atoms with van der Waals surface area (Å²) < 4.78 is 5.02. The van der Waals surface area contributed by atoms with E-state index >= 15 is 0 Å². The van der Waals surface area contributed by atoms with Crippen molar-refractivity contribution in [3.8, 4) is 0 Å². The van der Waals surface area contributed by atoms with Crippen molar-refractivity contribution in [1.29, 1.82) is 0 Å². The molecule has 0 bridgehead atoms. The van der Waals surface area contributed by atoms with Gasteiger partial charge >= 0.3 is 11.9 Å². The quantitative estimate of drug-likeness (QED) is 0.0701. The number of hydrogen-bond acceptors (Lipinski definition) is 3. The van der Waals surface area contributed by atoms with Gasteiger partial charge in [0.1, 0.15) is 0 Å². The molecule has 0 radical (unpaired) electrons. The summed E-state index contributed by atoms with van der Waals surface area (Å²) >= 11 is 0. The summed E-state index contributed by atoms with van der Waals surface area (Å²) in [5, 5.41) is 9.31. The predicted octanol–water partition coefficient (Wildman–Crippen LogP) is 9.80. The Morgan fingerprint density at radius 1 is 0.686 bits per heavy atom. The van der Waals surface area contributed by atoms with Crippen LogP contribution in [0.25, 0.3) is 0 Å². The number of rotatable bonds is 27. The molecule has 1 atom stereocenters. The van der Waals surface area contributed by atoms with E-state index in [1.807, 2.05) is 6.92 Å². The largest absolute Gasteiger partial charge is 0.481 e. The fourth-order valence-electron chi connectivity index (χ4n) is 4.61. The molecular formula is C31H58O4. The first kappa shape index (κ1) is 33.7. The van der Waals surface area contributed by atoms with Crippen LogP contribution in [0.3, 0.4) is 0 Å². The second-order valence-corrected chi connectivity index (χ2v) is 10.3. The fourth-order valence-corrected chi connectivity index (χ4v) is 4.61. The van der Waals surface area contributed by atoms with Gasteiger partial charge in [0.25, 0.3) is 0 Å². The number of hydrogen-bond donors (Lipinski definition) is 1. The van der Waals surface area contributed by atoms with Crippen molar-refractivity contribution in [3.63, 3.8) is 0 Å². The molecule has 0 spiro atoms. The van der Waals surface area contributed by atoms with Gasteiger partial charge in [0, 0.05) is 0 Å². The van der Waals surface area contributed by atoms with Gasteiger partial charge in [-0.1, -0.05) is 135 Å². The molecule has 0 saturated carbocycles. The van der Waals surface area contributed by atoms with E-state index in [-0.39, 0.29) is 12.4 Å². The van der Waals surface area contributed by atoms with Gasteiger partial charge in [-0.15, -0.1) is 0 Å². The van der Waals surface area contributed by atoms with Crippen LogP contribution in [0.1, 0.15) is 162 Å². The highest BCUT2D eigenvalue weighted by molar-refractivity contribution is 5.78. The van der Waals surface area contributed by atoms with Gasteiger partial charge in [-0.25, -0.2) is 0 Å². The van der Waals surface area contributed by atoms with Gasteiger partial charge < -0.3 is 9.84 Å². The first-order valence-corrected chi connectivity index (χ1v) is 15.1. The maximum atomic E-state index is 11.7. The smallest absolute Gasteiger partial charge is 0.307 e. The van der Waals surface area contributed by atoms with Crippen LogP contribution < -0.4 is 0 Å². The Bertz CT molecular complexity index is 500. The third-order valence-corrected chi connectivity index (χ3v) is 6.89. The summed E-state index contributed by atoms with van der Waals surface area (Å²) in [5.74, 6) is -1.85. The number of esters is 1. The van der Waals surface area contributed by atoms with E-state index in [0.717, 1.165) is 19.3 Å². The number of carboxylic acid groups (broad SMARTS) is 1. The lowest BCUT2D eigenvalue weighted by atomic mass is 9.97. The van der Waals surface area contributed by atoms with Crippen molar-refractivity contribution < 1.29 is 19.4 Å². The normalized spacial score (nSPS) is 12.3. The zero-order valence-electron chi connectivity index (χ0n) is 23.4. The Kier molecular flexibility index (Phi) is 26.2. The molecule has 0 aromatic rings. The molecule has 0 aliphatic carbocycles. The van der Waals surface area contributed by atoms with Crippen LogP contribution >= 0.6 is 0 Å². The molecule has 0 heterocycles. The monoisotopic (exact) mass is 494 g/mol. The lowest BCUT2D eigenvalue weighted by Crippen LogP contribution is -2.19. The summed E-state index contributed by atoms with van der Waals surface area (Å²) in [6.07, 6.45) is 32.3. The highest BCUT2D eigenvalue weighted by atomic mass is 16.5. The molecule has 0 fully saturated rings. The molecule has 0 aromatic heterocycles. The van der Waals surface area contributed by atoms with Crippen LogP contribution in [0.15, 0.2) is 12.2 Å². The molecule has 35 heavy (non-hydrogen) atoms. The van der Waals surface area contributed by atoms with Gasteiger partial charge in [-0.05, 0) is 32.6 Å². The van der Waals surface area contributed by atoms with Gasteiger partial charge in [0.05, 0.1) is 18.9 Å². The Balaban J connectivity index is 3.32. The minimum atomic E-state index is -0.875. The van der Waals surface area contributed by atoms with Crippen molar-refractivity contribution in [2.45, 2.75) is 162 Å². The lowest BCUT2D eigenvalue weighted by molar-refractivity contribution is -0.151. The highest BCUT2D eigenvalue weighted by Crippen LogP contribution is 2.18. The summed E-state index contributed by atoms with van der Waals surface area (Å²) in [5.41, 5.74) is 0. The third kappa shape index (κ3) is 25.6. The van der Waals surface area contributed by atoms with E-state index < -0.39 is 11.9 Å². The first-order valence-electron chi connectivity index (χ1n) is 15.1. The first-order chi connectivity index (χ1) is 17.1. The summed E-state index contributed by atoms with van der Waals surface area (Å²) in [4.78, 5) is 23.0. The molecule has 0 aliphatic heterocycles. The van der Waals surface area contributed by atoms with E-state index in [9.17, 15) is 14.7 Å². The Morgan fingerprint density at radius 2 is 1.09 bits per heavy atom. The number of ether oxygens (including phenoxy) is 1. The Labute approximate surface area is 217 Å². The third-order valence-electron chi connectivity index (χ3n) is 6.89. The van der Waals surface area contributed by atoms with E-state index in [2.05, 4.69) is 19.1 Å². The molecule has 4 heteroatoms. The Morgan fingerprint density at radius 3 is 1.46 bits per heavy atom. The number of aliphatic carboxylic acids is 1. The summed E-state index contributed by atoms with van der Waals surface area (Å²) in [6.45, 7) is 4.41. The number of carboxylic acids is 1. The average Bonchev–Trinajstić information content (AvgIpc) is 2.84. The lowest BCUT2D eigenvalue weighted by Gasteiger charge is -2.11. The number of carbonyl (C=O) groups is 2. The van der Waals surface area contributed by atoms with Gasteiger partial charge in [0.15, 0.2) is 0 Å².